The van der Waals surface area contributed by atoms with Crippen LogP contribution < -0.4 is 10.6 Å². The normalized spacial score (nSPS) is 19.4. The Balaban J connectivity index is 1.96. The molecule has 2 aromatic rings. The second kappa shape index (κ2) is 4.30. The van der Waals surface area contributed by atoms with Crippen molar-refractivity contribution in [2.24, 2.45) is 5.73 Å². The van der Waals surface area contributed by atoms with E-state index in [-0.39, 0.29) is 5.54 Å². The van der Waals surface area contributed by atoms with Crippen molar-refractivity contribution in [3.05, 3.63) is 16.1 Å². The van der Waals surface area contributed by atoms with Gasteiger partial charge in [-0.15, -0.1) is 10.2 Å². The molecule has 1 aliphatic rings. The molecule has 18 heavy (non-hydrogen) atoms. The third-order valence-corrected chi connectivity index (χ3v) is 4.22. The van der Waals surface area contributed by atoms with Gasteiger partial charge in [-0.2, -0.15) is 0 Å². The lowest BCUT2D eigenvalue weighted by Crippen LogP contribution is -2.48. The second-order valence-electron chi connectivity index (χ2n) is 5.07. The van der Waals surface area contributed by atoms with Crippen molar-refractivity contribution >= 4 is 34.2 Å². The number of anilines is 1. The van der Waals surface area contributed by atoms with Crippen LogP contribution in [-0.4, -0.2) is 38.2 Å². The molecule has 0 saturated carbocycles. The molecule has 3 heterocycles. The standard InChI is InChI=1S/C11H15IN6/c1-11(13)2-4-17(5-3-11)10-14-6-8(12)9-16-15-7-18(9)10/h6-7H,2-5,13H2,1H3. The summed E-state index contributed by atoms with van der Waals surface area (Å²) in [4.78, 5) is 6.76. The van der Waals surface area contributed by atoms with E-state index >= 15 is 0 Å². The van der Waals surface area contributed by atoms with E-state index in [1.807, 2.05) is 10.6 Å². The van der Waals surface area contributed by atoms with Crippen LogP contribution in [0, 0.1) is 3.57 Å². The average Bonchev–Trinajstić information content (AvgIpc) is 2.80. The fourth-order valence-electron chi connectivity index (χ4n) is 2.23. The molecule has 0 spiro atoms. The summed E-state index contributed by atoms with van der Waals surface area (Å²) in [5, 5.41) is 8.08. The first-order chi connectivity index (χ1) is 8.57. The van der Waals surface area contributed by atoms with Crippen molar-refractivity contribution < 1.29 is 0 Å². The number of piperidine rings is 1. The Hall–Kier alpha value is -0.960. The van der Waals surface area contributed by atoms with Crippen LogP contribution in [0.5, 0.6) is 0 Å². The lowest BCUT2D eigenvalue weighted by molar-refractivity contribution is 0.361. The quantitative estimate of drug-likeness (QED) is 0.772. The average molecular weight is 358 g/mol. The minimum absolute atomic E-state index is 0.0496. The number of nitrogens with two attached hydrogens (primary N) is 1. The van der Waals surface area contributed by atoms with Gasteiger partial charge in [0.05, 0.1) is 3.57 Å². The fraction of sp³-hybridized carbons (Fsp3) is 0.545. The molecule has 0 aromatic carbocycles. The Bertz CT molecular complexity index is 568. The van der Waals surface area contributed by atoms with Crippen molar-refractivity contribution in [3.8, 4) is 0 Å². The van der Waals surface area contributed by atoms with Crippen molar-refractivity contribution in [1.29, 1.82) is 0 Å². The maximum absolute atomic E-state index is 6.16. The molecule has 0 atom stereocenters. The molecule has 1 fully saturated rings. The van der Waals surface area contributed by atoms with Gasteiger partial charge in [-0.05, 0) is 42.4 Å². The summed E-state index contributed by atoms with van der Waals surface area (Å²) in [6, 6.07) is 0. The van der Waals surface area contributed by atoms with Gasteiger partial charge >= 0.3 is 0 Å². The first kappa shape index (κ1) is 12.1. The molecule has 6 nitrogen and oxygen atoms in total. The Kier molecular flexibility index (Phi) is 2.89. The lowest BCUT2D eigenvalue weighted by atomic mass is 9.91. The van der Waals surface area contributed by atoms with Crippen molar-refractivity contribution in [2.75, 3.05) is 18.0 Å². The van der Waals surface area contributed by atoms with Crippen LogP contribution in [0.15, 0.2) is 12.5 Å². The highest BCUT2D eigenvalue weighted by molar-refractivity contribution is 14.1. The lowest BCUT2D eigenvalue weighted by Gasteiger charge is -2.37. The number of aromatic nitrogens is 4. The van der Waals surface area contributed by atoms with Crippen LogP contribution >= 0.6 is 22.6 Å². The number of nitrogens with zero attached hydrogens (tertiary/aromatic N) is 5. The topological polar surface area (TPSA) is 72.3 Å². The molecule has 0 unspecified atom stereocenters. The van der Waals surface area contributed by atoms with Gasteiger partial charge in [-0.3, -0.25) is 4.40 Å². The van der Waals surface area contributed by atoms with Gasteiger partial charge in [0, 0.05) is 24.8 Å². The molecule has 0 amide bonds. The van der Waals surface area contributed by atoms with E-state index < -0.39 is 0 Å². The first-order valence-corrected chi connectivity index (χ1v) is 7.03. The van der Waals surface area contributed by atoms with E-state index in [9.17, 15) is 0 Å². The van der Waals surface area contributed by atoms with Gasteiger partial charge in [0.1, 0.15) is 6.33 Å². The van der Waals surface area contributed by atoms with Crippen molar-refractivity contribution in [2.45, 2.75) is 25.3 Å². The predicted octanol–water partition coefficient (Wildman–Crippen LogP) is 1.05. The monoisotopic (exact) mass is 358 g/mol. The van der Waals surface area contributed by atoms with Gasteiger partial charge in [0.25, 0.3) is 0 Å². The Morgan fingerprint density at radius 1 is 1.39 bits per heavy atom. The van der Waals surface area contributed by atoms with Crippen LogP contribution in [-0.2, 0) is 0 Å². The second-order valence-corrected chi connectivity index (χ2v) is 6.23. The highest BCUT2D eigenvalue weighted by Gasteiger charge is 2.27. The van der Waals surface area contributed by atoms with Crippen LogP contribution in [0.2, 0.25) is 0 Å². The number of hydrogen-bond acceptors (Lipinski definition) is 5. The summed E-state index contributed by atoms with van der Waals surface area (Å²) >= 11 is 2.22. The maximum atomic E-state index is 6.16. The molecule has 2 N–H and O–H groups in total. The minimum Gasteiger partial charge on any atom is -0.342 e. The highest BCUT2D eigenvalue weighted by Crippen LogP contribution is 2.24. The van der Waals surface area contributed by atoms with E-state index in [1.54, 1.807) is 6.33 Å². The summed E-state index contributed by atoms with van der Waals surface area (Å²) in [7, 11) is 0. The molecule has 0 aliphatic carbocycles. The Morgan fingerprint density at radius 2 is 2.11 bits per heavy atom. The molecule has 2 aromatic heterocycles. The predicted molar refractivity (Wildman–Crippen MR) is 77.5 cm³/mol. The maximum Gasteiger partial charge on any atom is 0.212 e. The number of hydrogen-bond donors (Lipinski definition) is 1. The highest BCUT2D eigenvalue weighted by atomic mass is 127. The van der Waals surface area contributed by atoms with Crippen molar-refractivity contribution in [3.63, 3.8) is 0 Å². The first-order valence-electron chi connectivity index (χ1n) is 5.95. The molecular weight excluding hydrogens is 343 g/mol. The number of fused-ring (bicyclic) bond motifs is 1. The third-order valence-electron chi connectivity index (χ3n) is 3.46. The van der Waals surface area contributed by atoms with Crippen LogP contribution in [0.4, 0.5) is 5.95 Å². The summed E-state index contributed by atoms with van der Waals surface area (Å²) in [6.07, 6.45) is 5.51. The summed E-state index contributed by atoms with van der Waals surface area (Å²) < 4.78 is 2.95. The number of rotatable bonds is 1. The number of halogens is 1. The molecule has 7 heteroatoms. The summed E-state index contributed by atoms with van der Waals surface area (Å²) in [5.41, 5.74) is 6.97. The van der Waals surface area contributed by atoms with E-state index in [1.165, 1.54) is 0 Å². The minimum atomic E-state index is -0.0496. The molecule has 0 radical (unpaired) electrons. The Labute approximate surface area is 119 Å². The van der Waals surface area contributed by atoms with E-state index in [4.69, 9.17) is 5.73 Å². The van der Waals surface area contributed by atoms with Gasteiger partial charge in [-0.25, -0.2) is 4.98 Å². The Morgan fingerprint density at radius 3 is 2.83 bits per heavy atom. The van der Waals surface area contributed by atoms with Crippen LogP contribution in [0.25, 0.3) is 5.65 Å². The fourth-order valence-corrected chi connectivity index (χ4v) is 2.74. The molecule has 3 rings (SSSR count). The van der Waals surface area contributed by atoms with Gasteiger partial charge < -0.3 is 10.6 Å². The summed E-state index contributed by atoms with van der Waals surface area (Å²) in [6.45, 7) is 3.96. The molecule has 1 aliphatic heterocycles. The smallest absolute Gasteiger partial charge is 0.212 e. The van der Waals surface area contributed by atoms with Crippen LogP contribution in [0.1, 0.15) is 19.8 Å². The molecule has 0 bridgehead atoms. The van der Waals surface area contributed by atoms with E-state index in [2.05, 4.69) is 49.6 Å². The van der Waals surface area contributed by atoms with Gasteiger partial charge in [0.2, 0.25) is 5.95 Å². The van der Waals surface area contributed by atoms with Crippen molar-refractivity contribution in [1.82, 2.24) is 19.6 Å². The molecule has 96 valence electrons. The SMILES string of the molecule is CC1(N)CCN(c2ncc(I)c3nncn23)CC1. The largest absolute Gasteiger partial charge is 0.342 e. The summed E-state index contributed by atoms with van der Waals surface area (Å²) in [5.74, 6) is 0.908. The van der Waals surface area contributed by atoms with Gasteiger partial charge in [0.15, 0.2) is 5.65 Å². The molecular formula is C11H15IN6. The van der Waals surface area contributed by atoms with Crippen LogP contribution in [0.3, 0.4) is 0 Å². The van der Waals surface area contributed by atoms with Gasteiger partial charge in [-0.1, -0.05) is 0 Å². The van der Waals surface area contributed by atoms with E-state index in [0.717, 1.165) is 41.1 Å². The van der Waals surface area contributed by atoms with E-state index in [0.29, 0.717) is 0 Å². The molecule has 1 saturated heterocycles. The zero-order valence-electron chi connectivity index (χ0n) is 10.2. The zero-order chi connectivity index (χ0) is 12.8. The zero-order valence-corrected chi connectivity index (χ0v) is 12.3. The third kappa shape index (κ3) is 2.05.